The zero-order valence-electron chi connectivity index (χ0n) is 10.1. The summed E-state index contributed by atoms with van der Waals surface area (Å²) in [6, 6.07) is 9.74. The molecule has 1 aromatic carbocycles. The molecule has 1 N–H and O–H groups in total. The molecule has 0 fully saturated rings. The van der Waals surface area contributed by atoms with Crippen LogP contribution in [0, 0.1) is 0 Å². The second-order valence-electron chi connectivity index (χ2n) is 3.78. The zero-order chi connectivity index (χ0) is 12.8. The molecule has 5 heteroatoms. The van der Waals surface area contributed by atoms with Crippen LogP contribution in [0.25, 0.3) is 0 Å². The fourth-order valence-electron chi connectivity index (χ4n) is 1.57. The van der Waals surface area contributed by atoms with Crippen LogP contribution in [0.15, 0.2) is 41.0 Å². The highest BCUT2D eigenvalue weighted by molar-refractivity contribution is 9.10. The maximum Gasteiger partial charge on any atom is 0.119 e. The van der Waals surface area contributed by atoms with E-state index in [4.69, 9.17) is 4.74 Å². The first-order chi connectivity index (χ1) is 8.79. The van der Waals surface area contributed by atoms with Crippen LogP contribution < -0.4 is 10.1 Å². The number of methoxy groups -OCH3 is 1. The smallest absolute Gasteiger partial charge is 0.119 e. The van der Waals surface area contributed by atoms with Gasteiger partial charge in [0.25, 0.3) is 0 Å². The molecule has 2 rings (SSSR count). The Hall–Kier alpha value is -1.46. The monoisotopic (exact) mass is 307 g/mol. The summed E-state index contributed by atoms with van der Waals surface area (Å²) in [5, 5.41) is 11.2. The summed E-state index contributed by atoms with van der Waals surface area (Å²) >= 11 is 3.52. The Morgan fingerprint density at radius 2 is 2.17 bits per heavy atom. The minimum absolute atomic E-state index is 0.692. The number of hydrogen-bond donors (Lipinski definition) is 1. The number of aromatic nitrogens is 2. The van der Waals surface area contributed by atoms with Crippen LogP contribution in [-0.2, 0) is 13.1 Å². The van der Waals surface area contributed by atoms with Crippen molar-refractivity contribution in [3.8, 4) is 5.75 Å². The molecule has 0 spiro atoms. The molecule has 1 aromatic heterocycles. The maximum atomic E-state index is 5.20. The van der Waals surface area contributed by atoms with Crippen molar-refractivity contribution in [1.82, 2.24) is 15.5 Å². The van der Waals surface area contributed by atoms with Crippen molar-refractivity contribution < 1.29 is 4.74 Å². The second kappa shape index (κ2) is 6.47. The van der Waals surface area contributed by atoms with Crippen molar-refractivity contribution in [1.29, 1.82) is 0 Å². The van der Waals surface area contributed by atoms with Gasteiger partial charge in [0, 0.05) is 23.8 Å². The van der Waals surface area contributed by atoms with E-state index in [9.17, 15) is 0 Å². The van der Waals surface area contributed by atoms with Crippen LogP contribution in [0.5, 0.6) is 5.75 Å². The Morgan fingerprint density at radius 1 is 1.28 bits per heavy atom. The molecule has 0 unspecified atom stereocenters. The van der Waals surface area contributed by atoms with Gasteiger partial charge in [-0.15, -0.1) is 0 Å². The van der Waals surface area contributed by atoms with E-state index in [1.165, 1.54) is 0 Å². The number of ether oxygens (including phenoxy) is 1. The normalized spacial score (nSPS) is 10.3. The summed E-state index contributed by atoms with van der Waals surface area (Å²) in [6.07, 6.45) is 1.67. The van der Waals surface area contributed by atoms with E-state index in [-0.39, 0.29) is 0 Å². The SMILES string of the molecule is COc1ccc(Br)c(CNCc2cccnn2)c1. The molecule has 0 amide bonds. The van der Waals surface area contributed by atoms with Crippen molar-refractivity contribution in [3.05, 3.63) is 52.3 Å². The molecular weight excluding hydrogens is 294 g/mol. The van der Waals surface area contributed by atoms with Gasteiger partial charge in [-0.1, -0.05) is 15.9 Å². The molecule has 1 heterocycles. The first-order valence-electron chi connectivity index (χ1n) is 5.59. The van der Waals surface area contributed by atoms with Crippen LogP contribution in [0.3, 0.4) is 0 Å². The van der Waals surface area contributed by atoms with Gasteiger partial charge in [0.15, 0.2) is 0 Å². The van der Waals surface area contributed by atoms with Gasteiger partial charge >= 0.3 is 0 Å². The van der Waals surface area contributed by atoms with Crippen LogP contribution in [-0.4, -0.2) is 17.3 Å². The van der Waals surface area contributed by atoms with E-state index in [0.717, 1.165) is 28.0 Å². The Bertz CT molecular complexity index is 505. The quantitative estimate of drug-likeness (QED) is 0.922. The Morgan fingerprint density at radius 3 is 2.89 bits per heavy atom. The summed E-state index contributed by atoms with van der Waals surface area (Å²) < 4.78 is 6.27. The molecule has 0 radical (unpaired) electrons. The van der Waals surface area contributed by atoms with Gasteiger partial charge in [0.1, 0.15) is 5.75 Å². The van der Waals surface area contributed by atoms with E-state index in [2.05, 4.69) is 31.4 Å². The molecule has 18 heavy (non-hydrogen) atoms. The number of benzene rings is 1. The van der Waals surface area contributed by atoms with E-state index in [0.29, 0.717) is 6.54 Å². The van der Waals surface area contributed by atoms with Gasteiger partial charge in [-0.3, -0.25) is 0 Å². The van der Waals surface area contributed by atoms with Crippen LogP contribution >= 0.6 is 15.9 Å². The molecule has 94 valence electrons. The average molecular weight is 308 g/mol. The topological polar surface area (TPSA) is 47.0 Å². The number of nitrogens with zero attached hydrogens (tertiary/aromatic N) is 2. The van der Waals surface area contributed by atoms with Crippen LogP contribution in [0.2, 0.25) is 0 Å². The average Bonchev–Trinajstić information content (AvgIpc) is 2.42. The molecule has 2 aromatic rings. The third kappa shape index (κ3) is 3.51. The van der Waals surface area contributed by atoms with Gasteiger partial charge < -0.3 is 10.1 Å². The Balaban J connectivity index is 1.94. The summed E-state index contributed by atoms with van der Waals surface area (Å²) in [6.45, 7) is 1.44. The van der Waals surface area contributed by atoms with Crippen molar-refractivity contribution in [3.63, 3.8) is 0 Å². The van der Waals surface area contributed by atoms with Gasteiger partial charge in [-0.05, 0) is 35.9 Å². The molecule has 0 saturated carbocycles. The van der Waals surface area contributed by atoms with Gasteiger partial charge in [-0.25, -0.2) is 0 Å². The lowest BCUT2D eigenvalue weighted by Crippen LogP contribution is -2.14. The van der Waals surface area contributed by atoms with E-state index in [1.54, 1.807) is 13.3 Å². The molecule has 0 aliphatic heterocycles. The zero-order valence-corrected chi connectivity index (χ0v) is 11.6. The summed E-state index contributed by atoms with van der Waals surface area (Å²) in [5.74, 6) is 0.856. The highest BCUT2D eigenvalue weighted by atomic mass is 79.9. The fraction of sp³-hybridized carbons (Fsp3) is 0.231. The lowest BCUT2D eigenvalue weighted by atomic mass is 10.2. The number of hydrogen-bond acceptors (Lipinski definition) is 4. The van der Waals surface area contributed by atoms with Gasteiger partial charge in [0.2, 0.25) is 0 Å². The molecule has 0 aliphatic rings. The Labute approximate surface area is 115 Å². The molecule has 0 bridgehead atoms. The summed E-state index contributed by atoms with van der Waals surface area (Å²) in [4.78, 5) is 0. The molecule has 4 nitrogen and oxygen atoms in total. The molecule has 0 saturated heterocycles. The number of halogens is 1. The number of nitrogens with one attached hydrogen (secondary N) is 1. The van der Waals surface area contributed by atoms with Crippen molar-refractivity contribution in [2.24, 2.45) is 0 Å². The number of rotatable bonds is 5. The minimum atomic E-state index is 0.692. The van der Waals surface area contributed by atoms with Gasteiger partial charge in [0.05, 0.1) is 12.8 Å². The predicted octanol–water partition coefficient (Wildman–Crippen LogP) is 2.54. The minimum Gasteiger partial charge on any atom is -0.497 e. The molecule has 0 aliphatic carbocycles. The highest BCUT2D eigenvalue weighted by Gasteiger charge is 2.02. The van der Waals surface area contributed by atoms with Gasteiger partial charge in [-0.2, -0.15) is 10.2 Å². The molecule has 0 atom stereocenters. The van der Waals surface area contributed by atoms with Crippen LogP contribution in [0.4, 0.5) is 0 Å². The third-order valence-corrected chi connectivity index (χ3v) is 3.28. The second-order valence-corrected chi connectivity index (χ2v) is 4.63. The fourth-order valence-corrected chi connectivity index (χ4v) is 1.95. The first-order valence-corrected chi connectivity index (χ1v) is 6.38. The summed E-state index contributed by atoms with van der Waals surface area (Å²) in [7, 11) is 1.67. The first kappa shape index (κ1) is 13.0. The van der Waals surface area contributed by atoms with E-state index >= 15 is 0 Å². The van der Waals surface area contributed by atoms with Crippen molar-refractivity contribution in [2.45, 2.75) is 13.1 Å². The Kier molecular flexibility index (Phi) is 4.66. The highest BCUT2D eigenvalue weighted by Crippen LogP contribution is 2.22. The van der Waals surface area contributed by atoms with Crippen molar-refractivity contribution >= 4 is 15.9 Å². The lowest BCUT2D eigenvalue weighted by molar-refractivity contribution is 0.414. The maximum absolute atomic E-state index is 5.20. The summed E-state index contributed by atoms with van der Waals surface area (Å²) in [5.41, 5.74) is 2.08. The lowest BCUT2D eigenvalue weighted by Gasteiger charge is -2.08. The van der Waals surface area contributed by atoms with Crippen LogP contribution in [0.1, 0.15) is 11.3 Å². The van der Waals surface area contributed by atoms with E-state index < -0.39 is 0 Å². The standard InChI is InChI=1S/C13H14BrN3O/c1-18-12-4-5-13(14)10(7-12)8-15-9-11-3-2-6-16-17-11/h2-7,15H,8-9H2,1H3. The predicted molar refractivity (Wildman–Crippen MR) is 73.3 cm³/mol. The largest absolute Gasteiger partial charge is 0.497 e. The van der Waals surface area contributed by atoms with Crippen molar-refractivity contribution in [2.75, 3.05) is 7.11 Å². The van der Waals surface area contributed by atoms with E-state index in [1.807, 2.05) is 30.3 Å². The molecular formula is C13H14BrN3O. The third-order valence-electron chi connectivity index (χ3n) is 2.50.